The molecule has 2 aliphatic rings. The van der Waals surface area contributed by atoms with Crippen molar-refractivity contribution in [2.75, 3.05) is 19.6 Å². The molecule has 3 heterocycles. The quantitative estimate of drug-likeness (QED) is 0.852. The van der Waals surface area contributed by atoms with Crippen molar-refractivity contribution >= 4 is 11.8 Å². The van der Waals surface area contributed by atoms with Crippen molar-refractivity contribution in [2.24, 2.45) is 0 Å². The Bertz CT molecular complexity index is 774. The van der Waals surface area contributed by atoms with Crippen LogP contribution >= 0.6 is 0 Å². The van der Waals surface area contributed by atoms with E-state index in [4.69, 9.17) is 0 Å². The second kappa shape index (κ2) is 6.15. The van der Waals surface area contributed by atoms with E-state index in [1.807, 2.05) is 52.1 Å². The summed E-state index contributed by atoms with van der Waals surface area (Å²) in [5.74, 6) is -0.0137. The summed E-state index contributed by atoms with van der Waals surface area (Å²) in [4.78, 5) is 29.1. The standard InChI is InChI=1S/C19H21N3O2/c23-18(20-10-4-1-5-11-20)14-21-13-15-7-6-12-22(15)17-9-3-2-8-16(17)19(21)24/h2-3,6-9,12H,1,4-5,10-11,13-14H2. The van der Waals surface area contributed by atoms with Crippen LogP contribution in [0.4, 0.5) is 0 Å². The molecule has 2 amide bonds. The first-order valence-corrected chi connectivity index (χ1v) is 8.57. The molecular weight excluding hydrogens is 302 g/mol. The SMILES string of the molecule is O=C(CN1Cc2cccn2-c2ccccc2C1=O)N1CCCCC1. The molecule has 0 spiro atoms. The number of hydrogen-bond donors (Lipinski definition) is 0. The normalized spacial score (nSPS) is 17.2. The van der Waals surface area contributed by atoms with E-state index in [9.17, 15) is 9.59 Å². The van der Waals surface area contributed by atoms with Gasteiger partial charge < -0.3 is 14.4 Å². The third-order valence-electron chi connectivity index (χ3n) is 4.90. The van der Waals surface area contributed by atoms with Gasteiger partial charge in [0.15, 0.2) is 0 Å². The number of aromatic nitrogens is 1. The van der Waals surface area contributed by atoms with Gasteiger partial charge in [0.1, 0.15) is 6.54 Å². The van der Waals surface area contributed by atoms with Gasteiger partial charge in [-0.2, -0.15) is 0 Å². The van der Waals surface area contributed by atoms with E-state index in [1.165, 1.54) is 6.42 Å². The molecular formula is C19H21N3O2. The fraction of sp³-hybridized carbons (Fsp3) is 0.368. The van der Waals surface area contributed by atoms with Crippen LogP contribution in [0.2, 0.25) is 0 Å². The molecule has 124 valence electrons. The molecule has 24 heavy (non-hydrogen) atoms. The van der Waals surface area contributed by atoms with Crippen molar-refractivity contribution in [1.82, 2.24) is 14.4 Å². The van der Waals surface area contributed by atoms with Crippen LogP contribution in [0.25, 0.3) is 5.69 Å². The van der Waals surface area contributed by atoms with E-state index >= 15 is 0 Å². The third-order valence-corrected chi connectivity index (χ3v) is 4.90. The molecule has 2 aliphatic heterocycles. The number of carbonyl (C=O) groups excluding carboxylic acids is 2. The average Bonchev–Trinajstić information content (AvgIpc) is 3.05. The van der Waals surface area contributed by atoms with Gasteiger partial charge in [-0.3, -0.25) is 9.59 Å². The largest absolute Gasteiger partial charge is 0.341 e. The first-order valence-electron chi connectivity index (χ1n) is 8.57. The first-order chi connectivity index (χ1) is 11.7. The zero-order valence-corrected chi connectivity index (χ0v) is 13.6. The highest BCUT2D eigenvalue weighted by molar-refractivity contribution is 6.00. The Morgan fingerprint density at radius 1 is 1.00 bits per heavy atom. The van der Waals surface area contributed by atoms with Crippen LogP contribution in [0.5, 0.6) is 0 Å². The van der Waals surface area contributed by atoms with Gasteiger partial charge in [-0.1, -0.05) is 12.1 Å². The number of likely N-dealkylation sites (tertiary alicyclic amines) is 1. The molecule has 0 radical (unpaired) electrons. The van der Waals surface area contributed by atoms with Crippen LogP contribution in [-0.4, -0.2) is 45.8 Å². The maximum atomic E-state index is 13.0. The Morgan fingerprint density at radius 3 is 2.62 bits per heavy atom. The van der Waals surface area contributed by atoms with Gasteiger partial charge in [0.25, 0.3) is 5.91 Å². The van der Waals surface area contributed by atoms with Crippen molar-refractivity contribution in [3.63, 3.8) is 0 Å². The molecule has 0 N–H and O–H groups in total. The summed E-state index contributed by atoms with van der Waals surface area (Å²) in [5, 5.41) is 0. The van der Waals surface area contributed by atoms with Crippen LogP contribution in [-0.2, 0) is 11.3 Å². The number of piperidine rings is 1. The van der Waals surface area contributed by atoms with Crippen LogP contribution in [0.15, 0.2) is 42.6 Å². The molecule has 0 aliphatic carbocycles. The Labute approximate surface area is 141 Å². The van der Waals surface area contributed by atoms with Crippen molar-refractivity contribution in [3.05, 3.63) is 53.9 Å². The fourth-order valence-corrected chi connectivity index (χ4v) is 3.62. The molecule has 5 heteroatoms. The summed E-state index contributed by atoms with van der Waals surface area (Å²) in [5.41, 5.74) is 2.56. The minimum atomic E-state index is -0.0698. The van der Waals surface area contributed by atoms with Crippen LogP contribution in [0, 0.1) is 0 Å². The Balaban J connectivity index is 1.63. The summed E-state index contributed by atoms with van der Waals surface area (Å²) in [7, 11) is 0. The zero-order valence-electron chi connectivity index (χ0n) is 13.6. The van der Waals surface area contributed by atoms with Crippen LogP contribution in [0.3, 0.4) is 0 Å². The van der Waals surface area contributed by atoms with E-state index in [2.05, 4.69) is 0 Å². The molecule has 5 nitrogen and oxygen atoms in total. The summed E-state index contributed by atoms with van der Waals surface area (Å²) in [6.45, 7) is 2.24. The molecule has 0 bridgehead atoms. The summed E-state index contributed by atoms with van der Waals surface area (Å²) in [6.07, 6.45) is 5.28. The van der Waals surface area contributed by atoms with Crippen molar-refractivity contribution in [1.29, 1.82) is 0 Å². The second-order valence-corrected chi connectivity index (χ2v) is 6.49. The number of fused-ring (bicyclic) bond motifs is 3. The number of rotatable bonds is 2. The van der Waals surface area contributed by atoms with E-state index in [0.717, 1.165) is 37.3 Å². The third kappa shape index (κ3) is 2.60. The highest BCUT2D eigenvalue weighted by Crippen LogP contribution is 2.25. The van der Waals surface area contributed by atoms with Crippen molar-refractivity contribution < 1.29 is 9.59 Å². The second-order valence-electron chi connectivity index (χ2n) is 6.49. The lowest BCUT2D eigenvalue weighted by Gasteiger charge is -2.29. The van der Waals surface area contributed by atoms with Crippen molar-refractivity contribution in [2.45, 2.75) is 25.8 Å². The predicted molar refractivity (Wildman–Crippen MR) is 90.9 cm³/mol. The van der Waals surface area contributed by atoms with E-state index in [0.29, 0.717) is 12.1 Å². The Morgan fingerprint density at radius 2 is 1.79 bits per heavy atom. The predicted octanol–water partition coefficient (Wildman–Crippen LogP) is 2.45. The Hall–Kier alpha value is -2.56. The van der Waals surface area contributed by atoms with Crippen molar-refractivity contribution in [3.8, 4) is 5.69 Å². The minimum absolute atomic E-state index is 0.0561. The lowest BCUT2D eigenvalue weighted by Crippen LogP contribution is -2.44. The van der Waals surface area contributed by atoms with E-state index in [1.54, 1.807) is 4.90 Å². The van der Waals surface area contributed by atoms with E-state index in [-0.39, 0.29) is 18.4 Å². The Kier molecular flexibility index (Phi) is 3.84. The van der Waals surface area contributed by atoms with Crippen LogP contribution in [0.1, 0.15) is 35.3 Å². The molecule has 2 aromatic rings. The minimum Gasteiger partial charge on any atom is -0.341 e. The number of benzene rings is 1. The van der Waals surface area contributed by atoms with Crippen LogP contribution < -0.4 is 0 Å². The molecule has 1 fully saturated rings. The first kappa shape index (κ1) is 15.0. The summed E-state index contributed by atoms with van der Waals surface area (Å²) >= 11 is 0. The fourth-order valence-electron chi connectivity index (χ4n) is 3.62. The number of carbonyl (C=O) groups is 2. The molecule has 0 unspecified atom stereocenters. The maximum absolute atomic E-state index is 13.0. The molecule has 0 saturated carbocycles. The number of para-hydroxylation sites is 1. The molecule has 1 aromatic heterocycles. The monoisotopic (exact) mass is 323 g/mol. The maximum Gasteiger partial charge on any atom is 0.256 e. The van der Waals surface area contributed by atoms with Gasteiger partial charge in [0.05, 0.1) is 17.8 Å². The van der Waals surface area contributed by atoms with Gasteiger partial charge >= 0.3 is 0 Å². The highest BCUT2D eigenvalue weighted by Gasteiger charge is 2.28. The lowest BCUT2D eigenvalue weighted by atomic mass is 10.1. The molecule has 0 atom stereocenters. The molecule has 4 rings (SSSR count). The summed E-state index contributed by atoms with van der Waals surface area (Å²) < 4.78 is 2.04. The highest BCUT2D eigenvalue weighted by atomic mass is 16.2. The zero-order chi connectivity index (χ0) is 16.5. The van der Waals surface area contributed by atoms with Gasteiger partial charge in [0, 0.05) is 25.0 Å². The van der Waals surface area contributed by atoms with Gasteiger partial charge in [0.2, 0.25) is 5.91 Å². The number of amides is 2. The number of nitrogens with zero attached hydrogens (tertiary/aromatic N) is 3. The van der Waals surface area contributed by atoms with Gasteiger partial charge in [-0.25, -0.2) is 0 Å². The van der Waals surface area contributed by atoms with E-state index < -0.39 is 0 Å². The smallest absolute Gasteiger partial charge is 0.256 e. The lowest BCUT2D eigenvalue weighted by molar-refractivity contribution is -0.132. The molecule has 1 saturated heterocycles. The number of hydrogen-bond acceptors (Lipinski definition) is 2. The van der Waals surface area contributed by atoms with Gasteiger partial charge in [-0.05, 0) is 43.5 Å². The molecule has 1 aromatic carbocycles. The summed E-state index contributed by atoms with van der Waals surface area (Å²) in [6, 6.07) is 11.6. The van der Waals surface area contributed by atoms with Gasteiger partial charge in [-0.15, -0.1) is 0 Å². The average molecular weight is 323 g/mol. The topological polar surface area (TPSA) is 45.6 Å².